The summed E-state index contributed by atoms with van der Waals surface area (Å²) in [5.74, 6) is -0.106. The first-order valence-electron chi connectivity index (χ1n) is 6.69. The number of carbonyl (C=O) groups is 1. The Balaban J connectivity index is 1.98. The van der Waals surface area contributed by atoms with E-state index in [1.807, 2.05) is 6.92 Å². The molecule has 2 aliphatic rings. The molecule has 2 heterocycles. The maximum absolute atomic E-state index is 11.6. The molecule has 1 N–H and O–H groups in total. The van der Waals surface area contributed by atoms with Gasteiger partial charge in [0, 0.05) is 13.1 Å². The van der Waals surface area contributed by atoms with E-state index in [1.54, 1.807) is 0 Å². The number of ether oxygens (including phenoxy) is 1. The molecule has 0 radical (unpaired) electrons. The first-order chi connectivity index (χ1) is 8.17. The largest absolute Gasteiger partial charge is 0.468 e. The Hall–Kier alpha value is -0.610. The van der Waals surface area contributed by atoms with Crippen LogP contribution in [0.1, 0.15) is 32.6 Å². The van der Waals surface area contributed by atoms with Gasteiger partial charge in [-0.15, -0.1) is 0 Å². The monoisotopic (exact) mass is 240 g/mol. The highest BCUT2D eigenvalue weighted by molar-refractivity contribution is 5.75. The zero-order valence-corrected chi connectivity index (χ0v) is 11.0. The zero-order valence-electron chi connectivity index (χ0n) is 11.0. The van der Waals surface area contributed by atoms with Gasteiger partial charge in [-0.3, -0.25) is 9.69 Å². The van der Waals surface area contributed by atoms with E-state index in [1.165, 1.54) is 32.8 Å². The highest BCUT2D eigenvalue weighted by atomic mass is 16.5. The van der Waals surface area contributed by atoms with Crippen molar-refractivity contribution in [1.29, 1.82) is 0 Å². The average molecular weight is 240 g/mol. The summed E-state index contributed by atoms with van der Waals surface area (Å²) in [5.41, 5.74) is 0.402. The van der Waals surface area contributed by atoms with Gasteiger partial charge in [0.25, 0.3) is 0 Å². The van der Waals surface area contributed by atoms with Gasteiger partial charge in [-0.25, -0.2) is 0 Å². The van der Waals surface area contributed by atoms with Crippen LogP contribution in [0.5, 0.6) is 0 Å². The summed E-state index contributed by atoms with van der Waals surface area (Å²) in [6.07, 6.45) is 5.05. The summed E-state index contributed by atoms with van der Waals surface area (Å²) in [7, 11) is 1.47. The SMILES string of the molecule is COC(=O)C(C)N1CCCC2(CCCNC2)C1. The summed E-state index contributed by atoms with van der Waals surface area (Å²) < 4.78 is 4.84. The molecule has 1 spiro atoms. The second-order valence-corrected chi connectivity index (χ2v) is 5.55. The van der Waals surface area contributed by atoms with Crippen LogP contribution in [-0.2, 0) is 9.53 Å². The number of carbonyl (C=O) groups excluding carboxylic acids is 1. The van der Waals surface area contributed by atoms with Crippen LogP contribution in [0.2, 0.25) is 0 Å². The molecule has 0 bridgehead atoms. The van der Waals surface area contributed by atoms with Crippen molar-refractivity contribution in [3.8, 4) is 0 Å². The van der Waals surface area contributed by atoms with Crippen molar-refractivity contribution >= 4 is 5.97 Å². The molecular weight excluding hydrogens is 216 g/mol. The van der Waals surface area contributed by atoms with E-state index < -0.39 is 0 Å². The van der Waals surface area contributed by atoms with Crippen LogP contribution in [0.3, 0.4) is 0 Å². The minimum atomic E-state index is -0.106. The van der Waals surface area contributed by atoms with Gasteiger partial charge in [0.15, 0.2) is 0 Å². The third kappa shape index (κ3) is 2.80. The fourth-order valence-electron chi connectivity index (χ4n) is 3.27. The molecule has 0 amide bonds. The van der Waals surface area contributed by atoms with Gasteiger partial charge in [0.1, 0.15) is 6.04 Å². The number of nitrogens with one attached hydrogen (secondary N) is 1. The van der Waals surface area contributed by atoms with Crippen molar-refractivity contribution in [3.05, 3.63) is 0 Å². The highest BCUT2D eigenvalue weighted by Crippen LogP contribution is 2.36. The maximum atomic E-state index is 11.6. The lowest BCUT2D eigenvalue weighted by atomic mass is 9.74. The topological polar surface area (TPSA) is 41.6 Å². The zero-order chi connectivity index (χ0) is 12.3. The number of hydrogen-bond acceptors (Lipinski definition) is 4. The molecule has 0 saturated carbocycles. The lowest BCUT2D eigenvalue weighted by molar-refractivity contribution is -0.147. The first-order valence-corrected chi connectivity index (χ1v) is 6.69. The van der Waals surface area contributed by atoms with Crippen LogP contribution < -0.4 is 5.32 Å². The predicted octanol–water partition coefficient (Wildman–Crippen LogP) is 1.01. The van der Waals surface area contributed by atoms with Gasteiger partial charge in [-0.2, -0.15) is 0 Å². The summed E-state index contributed by atoms with van der Waals surface area (Å²) in [5, 5.41) is 3.51. The normalized spacial score (nSPS) is 32.4. The van der Waals surface area contributed by atoms with Crippen LogP contribution >= 0.6 is 0 Å². The lowest BCUT2D eigenvalue weighted by Crippen LogP contribution is -2.54. The fraction of sp³-hybridized carbons (Fsp3) is 0.923. The van der Waals surface area contributed by atoms with E-state index in [0.29, 0.717) is 5.41 Å². The molecule has 4 nitrogen and oxygen atoms in total. The number of likely N-dealkylation sites (tertiary alicyclic amines) is 1. The number of nitrogens with zero attached hydrogens (tertiary/aromatic N) is 1. The first kappa shape index (κ1) is 12.8. The van der Waals surface area contributed by atoms with Gasteiger partial charge >= 0.3 is 5.97 Å². The van der Waals surface area contributed by atoms with Crippen LogP contribution in [-0.4, -0.2) is 50.2 Å². The lowest BCUT2D eigenvalue weighted by Gasteiger charge is -2.46. The number of esters is 1. The average Bonchev–Trinajstić information content (AvgIpc) is 2.38. The summed E-state index contributed by atoms with van der Waals surface area (Å²) in [6.45, 7) is 6.28. The molecule has 0 aromatic rings. The Morgan fingerprint density at radius 3 is 2.82 bits per heavy atom. The number of hydrogen-bond donors (Lipinski definition) is 1. The highest BCUT2D eigenvalue weighted by Gasteiger charge is 2.39. The van der Waals surface area contributed by atoms with Crippen molar-refractivity contribution in [2.24, 2.45) is 5.41 Å². The number of rotatable bonds is 2. The molecule has 0 aromatic heterocycles. The molecule has 0 aromatic carbocycles. The van der Waals surface area contributed by atoms with E-state index in [4.69, 9.17) is 4.74 Å². The van der Waals surface area contributed by atoms with Crippen molar-refractivity contribution in [3.63, 3.8) is 0 Å². The van der Waals surface area contributed by atoms with Crippen LogP contribution in [0.15, 0.2) is 0 Å². The minimum Gasteiger partial charge on any atom is -0.468 e. The Morgan fingerprint density at radius 2 is 2.18 bits per heavy atom. The summed E-state index contributed by atoms with van der Waals surface area (Å²) in [6, 6.07) is -0.0981. The second-order valence-electron chi connectivity index (χ2n) is 5.55. The smallest absolute Gasteiger partial charge is 0.322 e. The standard InChI is InChI=1S/C13H24N2O2/c1-11(12(16)17-2)15-8-4-6-13(10-15)5-3-7-14-9-13/h11,14H,3-10H2,1-2H3. The van der Waals surface area contributed by atoms with Gasteiger partial charge in [-0.1, -0.05) is 0 Å². The molecule has 0 aliphatic carbocycles. The van der Waals surface area contributed by atoms with E-state index >= 15 is 0 Å². The van der Waals surface area contributed by atoms with E-state index in [0.717, 1.165) is 26.2 Å². The molecule has 4 heteroatoms. The Bertz CT molecular complexity index is 269. The van der Waals surface area contributed by atoms with Crippen LogP contribution in [0.25, 0.3) is 0 Å². The quantitative estimate of drug-likeness (QED) is 0.732. The molecule has 2 unspecified atom stereocenters. The van der Waals surface area contributed by atoms with Crippen molar-refractivity contribution in [2.75, 3.05) is 33.3 Å². The Morgan fingerprint density at radius 1 is 1.41 bits per heavy atom. The molecule has 2 atom stereocenters. The van der Waals surface area contributed by atoms with Gasteiger partial charge in [-0.05, 0) is 51.1 Å². The van der Waals surface area contributed by atoms with E-state index in [2.05, 4.69) is 10.2 Å². The van der Waals surface area contributed by atoms with E-state index in [9.17, 15) is 4.79 Å². The molecular formula is C13H24N2O2. The maximum Gasteiger partial charge on any atom is 0.322 e. The van der Waals surface area contributed by atoms with Gasteiger partial charge in [0.05, 0.1) is 7.11 Å². The summed E-state index contributed by atoms with van der Waals surface area (Å²) in [4.78, 5) is 13.9. The number of piperidine rings is 2. The molecule has 2 rings (SSSR count). The summed E-state index contributed by atoms with van der Waals surface area (Å²) >= 11 is 0. The van der Waals surface area contributed by atoms with Crippen molar-refractivity contribution in [1.82, 2.24) is 10.2 Å². The fourth-order valence-corrected chi connectivity index (χ4v) is 3.27. The Labute approximate surface area is 104 Å². The minimum absolute atomic E-state index is 0.0981. The molecule has 98 valence electrons. The Kier molecular flexibility index (Phi) is 4.05. The van der Waals surface area contributed by atoms with Crippen molar-refractivity contribution < 1.29 is 9.53 Å². The third-order valence-electron chi connectivity index (χ3n) is 4.34. The third-order valence-corrected chi connectivity index (χ3v) is 4.34. The predicted molar refractivity (Wildman–Crippen MR) is 66.8 cm³/mol. The van der Waals surface area contributed by atoms with Crippen LogP contribution in [0.4, 0.5) is 0 Å². The molecule has 2 fully saturated rings. The van der Waals surface area contributed by atoms with Gasteiger partial charge in [0.2, 0.25) is 0 Å². The molecule has 2 aliphatic heterocycles. The molecule has 17 heavy (non-hydrogen) atoms. The van der Waals surface area contributed by atoms with Gasteiger partial charge < -0.3 is 10.1 Å². The number of methoxy groups -OCH3 is 1. The van der Waals surface area contributed by atoms with E-state index in [-0.39, 0.29) is 12.0 Å². The second kappa shape index (κ2) is 5.36. The van der Waals surface area contributed by atoms with Crippen LogP contribution in [0, 0.1) is 5.41 Å². The molecule has 2 saturated heterocycles. The van der Waals surface area contributed by atoms with Crippen molar-refractivity contribution in [2.45, 2.75) is 38.6 Å².